The zero-order valence-corrected chi connectivity index (χ0v) is 28.7. The Kier molecular flexibility index (Phi) is 14.9. The van der Waals surface area contributed by atoms with Gasteiger partial charge in [-0.15, -0.1) is 0 Å². The molecule has 0 aliphatic rings. The van der Waals surface area contributed by atoms with Crippen molar-refractivity contribution in [1.29, 1.82) is 0 Å². The lowest BCUT2D eigenvalue weighted by Crippen LogP contribution is -2.34. The molecule has 0 fully saturated rings. The number of amides is 2. The van der Waals surface area contributed by atoms with E-state index in [-0.39, 0.29) is 11.8 Å². The Morgan fingerprint density at radius 1 is 0.625 bits per heavy atom. The number of hydrogen-bond acceptors (Lipinski definition) is 5. The van der Waals surface area contributed by atoms with Crippen molar-refractivity contribution in [3.8, 4) is 17.2 Å². The van der Waals surface area contributed by atoms with Crippen molar-refractivity contribution in [1.82, 2.24) is 10.2 Å². The smallest absolute Gasteiger partial charge is 0.222 e. The first-order valence-corrected chi connectivity index (χ1v) is 17.0. The van der Waals surface area contributed by atoms with Crippen LogP contribution in [0.4, 0.5) is 0 Å². The van der Waals surface area contributed by atoms with E-state index >= 15 is 0 Å². The van der Waals surface area contributed by atoms with Crippen LogP contribution in [0.5, 0.6) is 17.2 Å². The van der Waals surface area contributed by atoms with Crippen LogP contribution in [0.1, 0.15) is 53.5 Å². The highest BCUT2D eigenvalue weighted by molar-refractivity contribution is 5.77. The summed E-state index contributed by atoms with van der Waals surface area (Å²) in [7, 11) is 4.98. The Hall–Kier alpha value is -4.78. The molecular weight excluding hydrogens is 600 g/mol. The summed E-state index contributed by atoms with van der Waals surface area (Å²) in [6.45, 7) is 1.90. The van der Waals surface area contributed by atoms with Crippen LogP contribution in [0.15, 0.2) is 97.1 Å². The van der Waals surface area contributed by atoms with Gasteiger partial charge in [0.25, 0.3) is 0 Å². The van der Waals surface area contributed by atoms with Gasteiger partial charge in [-0.2, -0.15) is 0 Å². The van der Waals surface area contributed by atoms with Crippen LogP contribution >= 0.6 is 0 Å². The third kappa shape index (κ3) is 11.5. The van der Waals surface area contributed by atoms with E-state index in [4.69, 9.17) is 14.2 Å². The minimum Gasteiger partial charge on any atom is -0.497 e. The summed E-state index contributed by atoms with van der Waals surface area (Å²) in [6.07, 6.45) is 6.10. The average Bonchev–Trinajstić information content (AvgIpc) is 3.13. The summed E-state index contributed by atoms with van der Waals surface area (Å²) in [6, 6.07) is 32.6. The van der Waals surface area contributed by atoms with E-state index in [0.717, 1.165) is 48.3 Å². The van der Waals surface area contributed by atoms with Crippen LogP contribution in [0.2, 0.25) is 0 Å². The molecule has 0 radical (unpaired) electrons. The number of carbonyl (C=O) groups is 2. The molecule has 4 rings (SSSR count). The fourth-order valence-corrected chi connectivity index (χ4v) is 5.96. The van der Waals surface area contributed by atoms with Gasteiger partial charge in [0.1, 0.15) is 5.75 Å². The lowest BCUT2D eigenvalue weighted by molar-refractivity contribution is -0.131. The maximum atomic E-state index is 13.3. The fraction of sp³-hybridized carbons (Fsp3) is 0.366. The van der Waals surface area contributed by atoms with Crippen molar-refractivity contribution in [2.24, 2.45) is 0 Å². The zero-order valence-electron chi connectivity index (χ0n) is 28.7. The largest absolute Gasteiger partial charge is 0.497 e. The van der Waals surface area contributed by atoms with Gasteiger partial charge in [-0.05, 0) is 85.4 Å². The molecule has 254 valence electrons. The maximum Gasteiger partial charge on any atom is 0.222 e. The van der Waals surface area contributed by atoms with Crippen molar-refractivity contribution >= 4 is 11.8 Å². The van der Waals surface area contributed by atoms with Gasteiger partial charge < -0.3 is 24.4 Å². The molecule has 0 aromatic heterocycles. The molecule has 1 N–H and O–H groups in total. The molecule has 0 aliphatic carbocycles. The first-order valence-electron chi connectivity index (χ1n) is 17.0. The third-order valence-corrected chi connectivity index (χ3v) is 8.68. The van der Waals surface area contributed by atoms with Crippen LogP contribution in [-0.2, 0) is 41.7 Å². The number of rotatable bonds is 20. The molecule has 0 bridgehead atoms. The Morgan fingerprint density at radius 3 is 1.90 bits per heavy atom. The standard InChI is InChI=1S/C41H50N2O5/c1-46-36-18-12-17-34(31-36)21-23-37-35(22-24-38(47-2)41(37)48-3)25-28-42-39(44)19-10-11-20-40(45)43(29-26-32-13-6-4-7-14-32)30-27-33-15-8-5-9-16-33/h4-9,12-18,22,24,31H,10-11,19-21,23,25-30H2,1-3H3,(H,42,44). The normalized spacial score (nSPS) is 10.7. The molecule has 7 nitrogen and oxygen atoms in total. The number of nitrogens with zero attached hydrogens (tertiary/aromatic N) is 1. The number of unbranched alkanes of at least 4 members (excludes halogenated alkanes) is 1. The van der Waals surface area contributed by atoms with Crippen molar-refractivity contribution in [3.05, 3.63) is 125 Å². The first-order chi connectivity index (χ1) is 23.5. The summed E-state index contributed by atoms with van der Waals surface area (Å²) in [4.78, 5) is 28.0. The molecule has 0 saturated heterocycles. The highest BCUT2D eigenvalue weighted by atomic mass is 16.5. The lowest BCUT2D eigenvalue weighted by atomic mass is 9.96. The second-order valence-corrected chi connectivity index (χ2v) is 11.9. The number of nitrogens with one attached hydrogen (secondary N) is 1. The topological polar surface area (TPSA) is 77.1 Å². The predicted octanol–water partition coefficient (Wildman–Crippen LogP) is 7.03. The van der Waals surface area contributed by atoms with E-state index in [1.165, 1.54) is 16.7 Å². The summed E-state index contributed by atoms with van der Waals surface area (Å²) >= 11 is 0. The van der Waals surface area contributed by atoms with Crippen LogP contribution in [-0.4, -0.2) is 57.7 Å². The summed E-state index contributed by atoms with van der Waals surface area (Å²) in [5.41, 5.74) is 5.82. The number of methoxy groups -OCH3 is 3. The highest BCUT2D eigenvalue weighted by Crippen LogP contribution is 2.35. The van der Waals surface area contributed by atoms with Crippen LogP contribution in [0.3, 0.4) is 0 Å². The van der Waals surface area contributed by atoms with E-state index in [1.807, 2.05) is 65.6 Å². The molecule has 48 heavy (non-hydrogen) atoms. The van der Waals surface area contributed by atoms with Gasteiger partial charge in [-0.25, -0.2) is 0 Å². The van der Waals surface area contributed by atoms with E-state index in [1.54, 1.807) is 21.3 Å². The molecule has 4 aromatic carbocycles. The number of benzene rings is 4. The van der Waals surface area contributed by atoms with Crippen molar-refractivity contribution < 1.29 is 23.8 Å². The van der Waals surface area contributed by atoms with Crippen molar-refractivity contribution in [2.45, 2.75) is 57.8 Å². The average molecular weight is 651 g/mol. The minimum atomic E-state index is 0.00543. The Balaban J connectivity index is 1.24. The lowest BCUT2D eigenvalue weighted by Gasteiger charge is -2.23. The molecule has 4 aromatic rings. The molecule has 7 heteroatoms. The van der Waals surface area contributed by atoms with Gasteiger partial charge in [0.2, 0.25) is 11.8 Å². The molecule has 0 saturated carbocycles. The summed E-state index contributed by atoms with van der Waals surface area (Å²) < 4.78 is 16.7. The number of hydrogen-bond donors (Lipinski definition) is 1. The van der Waals surface area contributed by atoms with E-state index in [0.29, 0.717) is 57.5 Å². The van der Waals surface area contributed by atoms with Crippen molar-refractivity contribution in [2.75, 3.05) is 41.0 Å². The third-order valence-electron chi connectivity index (χ3n) is 8.68. The van der Waals surface area contributed by atoms with Gasteiger partial charge >= 0.3 is 0 Å². The minimum absolute atomic E-state index is 0.00543. The summed E-state index contributed by atoms with van der Waals surface area (Å²) in [5.74, 6) is 2.42. The van der Waals surface area contributed by atoms with Crippen molar-refractivity contribution in [3.63, 3.8) is 0 Å². The summed E-state index contributed by atoms with van der Waals surface area (Å²) in [5, 5.41) is 3.08. The van der Waals surface area contributed by atoms with Crippen LogP contribution in [0.25, 0.3) is 0 Å². The Labute approximate surface area is 286 Å². The molecule has 0 unspecified atom stereocenters. The molecular formula is C41H50N2O5. The molecule has 0 aliphatic heterocycles. The van der Waals surface area contributed by atoms with Gasteiger partial charge in [0.05, 0.1) is 21.3 Å². The number of ether oxygens (including phenoxy) is 3. The second-order valence-electron chi connectivity index (χ2n) is 11.9. The molecule has 2 amide bonds. The van der Waals surface area contributed by atoms with Crippen LogP contribution in [0, 0.1) is 0 Å². The number of aryl methyl sites for hydroxylation is 1. The van der Waals surface area contributed by atoms with Gasteiger partial charge in [0, 0.05) is 38.0 Å². The second kappa shape index (κ2) is 19.8. The Bertz CT molecular complexity index is 1510. The van der Waals surface area contributed by atoms with E-state index in [9.17, 15) is 9.59 Å². The van der Waals surface area contributed by atoms with Gasteiger partial charge in [-0.1, -0.05) is 78.9 Å². The molecule has 0 atom stereocenters. The SMILES string of the molecule is COc1cccc(CCc2c(CCNC(=O)CCCCC(=O)N(CCc3ccccc3)CCc3ccccc3)ccc(OC)c2OC)c1. The first kappa shape index (κ1) is 36.1. The quantitative estimate of drug-likeness (QED) is 0.104. The zero-order chi connectivity index (χ0) is 34.0. The predicted molar refractivity (Wildman–Crippen MR) is 192 cm³/mol. The number of carbonyl (C=O) groups excluding carboxylic acids is 2. The van der Waals surface area contributed by atoms with E-state index < -0.39 is 0 Å². The Morgan fingerprint density at radius 2 is 1.27 bits per heavy atom. The molecule has 0 spiro atoms. The molecule has 0 heterocycles. The van der Waals surface area contributed by atoms with E-state index in [2.05, 4.69) is 41.7 Å². The van der Waals surface area contributed by atoms with Crippen LogP contribution < -0.4 is 19.5 Å². The maximum absolute atomic E-state index is 13.3. The van der Waals surface area contributed by atoms with Gasteiger partial charge in [-0.3, -0.25) is 9.59 Å². The monoisotopic (exact) mass is 650 g/mol. The highest BCUT2D eigenvalue weighted by Gasteiger charge is 2.17. The fourth-order valence-electron chi connectivity index (χ4n) is 5.96. The van der Waals surface area contributed by atoms with Gasteiger partial charge in [0.15, 0.2) is 11.5 Å².